The van der Waals surface area contributed by atoms with Gasteiger partial charge in [0.05, 0.1) is 24.3 Å². The van der Waals surface area contributed by atoms with Crippen molar-refractivity contribution in [1.29, 1.82) is 0 Å². The maximum Gasteiger partial charge on any atom is 0.417 e. The van der Waals surface area contributed by atoms with Crippen molar-refractivity contribution in [2.45, 2.75) is 12.7 Å². The summed E-state index contributed by atoms with van der Waals surface area (Å²) in [6.07, 6.45) is -1.55. The van der Waals surface area contributed by atoms with Crippen LogP contribution in [-0.4, -0.2) is 38.3 Å². The summed E-state index contributed by atoms with van der Waals surface area (Å²) in [6.45, 7) is -0.614. The molecule has 0 spiro atoms. The largest absolute Gasteiger partial charge is 0.417 e. The van der Waals surface area contributed by atoms with Crippen LogP contribution in [0.15, 0.2) is 42.9 Å². The molecular weight excluding hydrogens is 434 g/mol. The second-order valence-electron chi connectivity index (χ2n) is 6.36. The van der Waals surface area contributed by atoms with E-state index < -0.39 is 35.9 Å². The van der Waals surface area contributed by atoms with Crippen LogP contribution in [0.1, 0.15) is 21.7 Å². The molecule has 0 aliphatic carbocycles. The lowest BCUT2D eigenvalue weighted by atomic mass is 10.2. The number of nitrogens with zero attached hydrogens (tertiary/aromatic N) is 4. The van der Waals surface area contributed by atoms with Gasteiger partial charge in [0.1, 0.15) is 17.3 Å². The third-order valence-corrected chi connectivity index (χ3v) is 3.98. The van der Waals surface area contributed by atoms with Gasteiger partial charge < -0.3 is 16.4 Å². The molecule has 0 saturated heterocycles. The van der Waals surface area contributed by atoms with Crippen LogP contribution in [0.25, 0.3) is 11.4 Å². The topological polar surface area (TPSA) is 136 Å². The summed E-state index contributed by atoms with van der Waals surface area (Å²) in [5.74, 6) is -2.46. The summed E-state index contributed by atoms with van der Waals surface area (Å²) in [6, 6.07) is 4.56. The molecule has 3 aromatic heterocycles. The third kappa shape index (κ3) is 5.71. The van der Waals surface area contributed by atoms with E-state index in [0.717, 1.165) is 12.3 Å². The lowest BCUT2D eigenvalue weighted by Crippen LogP contribution is -2.33. The molecule has 0 aliphatic heterocycles. The molecule has 4 N–H and O–H groups in total. The first-order chi connectivity index (χ1) is 15.1. The number of halogens is 4. The van der Waals surface area contributed by atoms with Gasteiger partial charge in [-0.2, -0.15) is 13.2 Å². The molecule has 0 unspecified atom stereocenters. The van der Waals surface area contributed by atoms with E-state index in [2.05, 4.69) is 30.6 Å². The molecule has 0 fully saturated rings. The quantitative estimate of drug-likeness (QED) is 0.469. The number of hydrogen-bond donors (Lipinski definition) is 3. The van der Waals surface area contributed by atoms with E-state index in [1.54, 1.807) is 0 Å². The number of aromatic nitrogens is 4. The smallest absolute Gasteiger partial charge is 0.368 e. The summed E-state index contributed by atoms with van der Waals surface area (Å²) in [7, 11) is 0. The summed E-state index contributed by atoms with van der Waals surface area (Å²) < 4.78 is 53.0. The first kappa shape index (κ1) is 22.5. The molecule has 9 nitrogen and oxygen atoms in total. The number of pyridine rings is 2. The second kappa shape index (κ2) is 9.32. The molecule has 166 valence electrons. The Morgan fingerprint density at radius 3 is 2.59 bits per heavy atom. The minimum Gasteiger partial charge on any atom is -0.368 e. The maximum atomic E-state index is 13.8. The van der Waals surface area contributed by atoms with Crippen molar-refractivity contribution >= 4 is 17.6 Å². The maximum absolute atomic E-state index is 13.8. The fourth-order valence-corrected chi connectivity index (χ4v) is 2.48. The van der Waals surface area contributed by atoms with Crippen LogP contribution in [-0.2, 0) is 17.5 Å². The Morgan fingerprint density at radius 1 is 1.12 bits per heavy atom. The highest BCUT2D eigenvalue weighted by atomic mass is 19.4. The number of hydrogen-bond acceptors (Lipinski definition) is 7. The van der Waals surface area contributed by atoms with Gasteiger partial charge in [-0.05, 0) is 18.2 Å². The van der Waals surface area contributed by atoms with Gasteiger partial charge in [-0.25, -0.2) is 14.4 Å². The standard InChI is InChI=1S/C19H15F4N7O2/c20-12-2-1-3-26-14(12)8-27-16-5-13(18(32)28-9-15(24)31)29-17(30-16)10-4-11(7-25-6-10)19(21,22)23/h1-7H,8-9H2,(H2,24,31)(H,28,32)(H,27,29,30). The van der Waals surface area contributed by atoms with Crippen LogP contribution < -0.4 is 16.4 Å². The van der Waals surface area contributed by atoms with Gasteiger partial charge in [-0.3, -0.25) is 19.6 Å². The van der Waals surface area contributed by atoms with E-state index in [-0.39, 0.29) is 35.1 Å². The number of anilines is 1. The fraction of sp³-hybridized carbons (Fsp3) is 0.158. The predicted molar refractivity (Wildman–Crippen MR) is 103 cm³/mol. The second-order valence-corrected chi connectivity index (χ2v) is 6.36. The van der Waals surface area contributed by atoms with E-state index in [9.17, 15) is 27.2 Å². The van der Waals surface area contributed by atoms with Crippen LogP contribution in [0.2, 0.25) is 0 Å². The average molecular weight is 449 g/mol. The van der Waals surface area contributed by atoms with Gasteiger partial charge in [-0.1, -0.05) is 0 Å². The predicted octanol–water partition coefficient (Wildman–Crippen LogP) is 1.92. The van der Waals surface area contributed by atoms with Gasteiger partial charge in [0, 0.05) is 30.2 Å². The molecule has 0 bridgehead atoms. The molecule has 2 amide bonds. The molecular formula is C19H15F4N7O2. The summed E-state index contributed by atoms with van der Waals surface area (Å²) in [5.41, 5.74) is 3.63. The Hall–Kier alpha value is -4.16. The summed E-state index contributed by atoms with van der Waals surface area (Å²) in [4.78, 5) is 38.7. The first-order valence-electron chi connectivity index (χ1n) is 8.95. The van der Waals surface area contributed by atoms with E-state index >= 15 is 0 Å². The van der Waals surface area contributed by atoms with Crippen LogP contribution in [0, 0.1) is 5.82 Å². The molecule has 3 aromatic rings. The van der Waals surface area contributed by atoms with Crippen molar-refractivity contribution < 1.29 is 27.2 Å². The zero-order valence-electron chi connectivity index (χ0n) is 16.2. The zero-order valence-corrected chi connectivity index (χ0v) is 16.2. The minimum atomic E-state index is -4.66. The number of carbonyl (C=O) groups is 2. The number of amides is 2. The van der Waals surface area contributed by atoms with Crippen LogP contribution in [0.3, 0.4) is 0 Å². The van der Waals surface area contributed by atoms with Crippen LogP contribution in [0.4, 0.5) is 23.4 Å². The van der Waals surface area contributed by atoms with Crippen molar-refractivity contribution in [1.82, 2.24) is 25.3 Å². The Morgan fingerprint density at radius 2 is 1.91 bits per heavy atom. The summed E-state index contributed by atoms with van der Waals surface area (Å²) >= 11 is 0. The van der Waals surface area contributed by atoms with Crippen LogP contribution in [0.5, 0.6) is 0 Å². The van der Waals surface area contributed by atoms with Gasteiger partial charge in [0.15, 0.2) is 5.82 Å². The highest BCUT2D eigenvalue weighted by molar-refractivity contribution is 5.95. The van der Waals surface area contributed by atoms with Crippen molar-refractivity contribution in [2.75, 3.05) is 11.9 Å². The number of nitrogens with one attached hydrogen (secondary N) is 2. The number of primary amides is 1. The van der Waals surface area contributed by atoms with Crippen molar-refractivity contribution in [3.8, 4) is 11.4 Å². The Bertz CT molecular complexity index is 1150. The fourth-order valence-electron chi connectivity index (χ4n) is 2.48. The molecule has 0 aromatic carbocycles. The SMILES string of the molecule is NC(=O)CNC(=O)c1cc(NCc2ncccc2F)nc(-c2cncc(C(F)(F)F)c2)n1. The zero-order chi connectivity index (χ0) is 23.3. The van der Waals surface area contributed by atoms with Crippen molar-refractivity contribution in [3.05, 3.63) is 65.6 Å². The van der Waals surface area contributed by atoms with Gasteiger partial charge in [-0.15, -0.1) is 0 Å². The Kier molecular flexibility index (Phi) is 6.56. The molecule has 13 heteroatoms. The van der Waals surface area contributed by atoms with Crippen molar-refractivity contribution in [3.63, 3.8) is 0 Å². The van der Waals surface area contributed by atoms with Crippen LogP contribution >= 0.6 is 0 Å². The molecule has 32 heavy (non-hydrogen) atoms. The molecule has 0 radical (unpaired) electrons. The van der Waals surface area contributed by atoms with E-state index in [0.29, 0.717) is 6.20 Å². The van der Waals surface area contributed by atoms with Gasteiger partial charge >= 0.3 is 6.18 Å². The molecule has 3 rings (SSSR count). The van der Waals surface area contributed by atoms with Crippen molar-refractivity contribution in [2.24, 2.45) is 5.73 Å². The normalized spacial score (nSPS) is 11.1. The third-order valence-electron chi connectivity index (χ3n) is 3.98. The minimum absolute atomic E-state index is 0.00156. The number of nitrogens with two attached hydrogens (primary N) is 1. The van der Waals surface area contributed by atoms with E-state index in [4.69, 9.17) is 5.73 Å². The summed E-state index contributed by atoms with van der Waals surface area (Å²) in [5, 5.41) is 4.97. The number of alkyl halides is 3. The highest BCUT2D eigenvalue weighted by Gasteiger charge is 2.31. The molecule has 0 aliphatic rings. The molecule has 3 heterocycles. The number of carbonyl (C=O) groups excluding carboxylic acids is 2. The Labute approximate surface area is 178 Å². The Balaban J connectivity index is 1.97. The average Bonchev–Trinajstić information content (AvgIpc) is 2.76. The van der Waals surface area contributed by atoms with E-state index in [1.165, 1.54) is 24.4 Å². The lowest BCUT2D eigenvalue weighted by Gasteiger charge is -2.11. The molecule has 0 atom stereocenters. The van der Waals surface area contributed by atoms with E-state index in [1.807, 2.05) is 0 Å². The first-order valence-corrected chi connectivity index (χ1v) is 8.95. The van der Waals surface area contributed by atoms with Gasteiger partial charge in [0.2, 0.25) is 5.91 Å². The lowest BCUT2D eigenvalue weighted by molar-refractivity contribution is -0.137. The highest BCUT2D eigenvalue weighted by Crippen LogP contribution is 2.31. The monoisotopic (exact) mass is 449 g/mol. The molecule has 0 saturated carbocycles. The number of rotatable bonds is 7. The van der Waals surface area contributed by atoms with Gasteiger partial charge in [0.25, 0.3) is 5.91 Å².